The van der Waals surface area contributed by atoms with E-state index in [-0.39, 0.29) is 18.2 Å². The average molecular weight is 398 g/mol. The number of hydrogen-bond donors (Lipinski definition) is 4. The van der Waals surface area contributed by atoms with Crippen molar-refractivity contribution in [3.05, 3.63) is 39.3 Å². The van der Waals surface area contributed by atoms with Gasteiger partial charge < -0.3 is 10.6 Å². The van der Waals surface area contributed by atoms with Crippen LogP contribution in [0.1, 0.15) is 43.7 Å². The van der Waals surface area contributed by atoms with Gasteiger partial charge in [0.25, 0.3) is 0 Å². The quantitative estimate of drug-likeness (QED) is 0.547. The normalized spacial score (nSPS) is 18.6. The maximum absolute atomic E-state index is 8.17. The number of rotatable bonds is 5. The molecule has 8 heteroatoms. The first-order valence-electron chi connectivity index (χ1n) is 8.10. The fraction of sp³-hybridized carbons (Fsp3) is 0.353. The molecular weight excluding hydrogens is 377 g/mol. The van der Waals surface area contributed by atoms with Crippen molar-refractivity contribution in [3.63, 3.8) is 0 Å². The van der Waals surface area contributed by atoms with E-state index in [9.17, 15) is 0 Å². The van der Waals surface area contributed by atoms with Crippen molar-refractivity contribution in [3.8, 4) is 0 Å². The predicted octanol–water partition coefficient (Wildman–Crippen LogP) is 4.61. The third-order valence-corrected chi connectivity index (χ3v) is 5.29. The van der Waals surface area contributed by atoms with Crippen LogP contribution in [0.5, 0.6) is 0 Å². The smallest absolute Gasteiger partial charge is 0.168 e. The number of nitrogens with zero attached hydrogens (tertiary/aromatic N) is 1. The summed E-state index contributed by atoms with van der Waals surface area (Å²) in [5.41, 5.74) is 2.26. The first-order valence-corrected chi connectivity index (χ1v) is 9.29. The van der Waals surface area contributed by atoms with E-state index in [1.165, 1.54) is 31.0 Å². The molecule has 2 aliphatic heterocycles. The second-order valence-corrected chi connectivity index (χ2v) is 7.13. The van der Waals surface area contributed by atoms with E-state index in [4.69, 9.17) is 22.4 Å². The largest absolute Gasteiger partial charge is 0.364 e. The fourth-order valence-corrected chi connectivity index (χ4v) is 3.89. The van der Waals surface area contributed by atoms with Crippen molar-refractivity contribution in [2.24, 2.45) is 4.99 Å². The summed E-state index contributed by atoms with van der Waals surface area (Å²) >= 11 is 7.75. The molecular formula is C17H21Cl2N5S. The summed E-state index contributed by atoms with van der Waals surface area (Å²) in [5.74, 6) is 0.517. The number of aliphatic imine (C=N–C) groups is 1. The number of unbranched alkanes of at least 4 members (excludes halogenated alkanes) is 3. The molecule has 25 heavy (non-hydrogen) atoms. The molecule has 134 valence electrons. The van der Waals surface area contributed by atoms with Gasteiger partial charge >= 0.3 is 0 Å². The minimum atomic E-state index is 0. The lowest BCUT2D eigenvalue weighted by atomic mass is 10.1. The summed E-state index contributed by atoms with van der Waals surface area (Å²) in [4.78, 5) is 5.01. The van der Waals surface area contributed by atoms with Gasteiger partial charge in [0.2, 0.25) is 0 Å². The number of nitrogens with one attached hydrogen (secondary N) is 4. The van der Waals surface area contributed by atoms with Gasteiger partial charge in [-0.25, -0.2) is 4.99 Å². The van der Waals surface area contributed by atoms with Gasteiger partial charge in [0.05, 0.1) is 15.6 Å². The zero-order valence-electron chi connectivity index (χ0n) is 13.9. The Morgan fingerprint density at radius 2 is 2.04 bits per heavy atom. The topological polar surface area (TPSA) is 84.1 Å². The molecule has 0 bridgehead atoms. The van der Waals surface area contributed by atoms with E-state index in [2.05, 4.69) is 22.5 Å². The van der Waals surface area contributed by atoms with E-state index in [0.717, 1.165) is 29.3 Å². The minimum absolute atomic E-state index is 0. The molecule has 2 aliphatic rings. The van der Waals surface area contributed by atoms with E-state index < -0.39 is 0 Å². The van der Waals surface area contributed by atoms with Crippen molar-refractivity contribution in [1.29, 1.82) is 10.8 Å². The number of hydrogen-bond acceptors (Lipinski definition) is 4. The van der Waals surface area contributed by atoms with Crippen molar-refractivity contribution in [2.45, 2.75) is 32.6 Å². The van der Waals surface area contributed by atoms with Crippen LogP contribution in [-0.2, 0) is 0 Å². The second-order valence-electron chi connectivity index (χ2n) is 5.72. The molecule has 0 atom stereocenters. The van der Waals surface area contributed by atoms with Crippen molar-refractivity contribution >= 4 is 58.3 Å². The number of fused-ring (bicyclic) bond motifs is 1. The van der Waals surface area contributed by atoms with Gasteiger partial charge in [-0.05, 0) is 24.2 Å². The second kappa shape index (κ2) is 8.74. The Kier molecular flexibility index (Phi) is 6.93. The molecule has 0 amide bonds. The SMILES string of the molecule is CCCCCCNC1=NC(=N)/C(=C2\NC(=N)c3cccc(Cl)c32)S1.Cl. The van der Waals surface area contributed by atoms with Crippen LogP contribution in [0.15, 0.2) is 28.1 Å². The summed E-state index contributed by atoms with van der Waals surface area (Å²) < 4.78 is 0. The fourth-order valence-electron chi connectivity index (χ4n) is 2.72. The van der Waals surface area contributed by atoms with Gasteiger partial charge in [0, 0.05) is 17.7 Å². The molecule has 4 N–H and O–H groups in total. The highest BCUT2D eigenvalue weighted by atomic mass is 35.5. The average Bonchev–Trinajstić information content (AvgIpc) is 3.09. The Morgan fingerprint density at radius 3 is 2.80 bits per heavy atom. The lowest BCUT2D eigenvalue weighted by molar-refractivity contribution is 0.656. The molecule has 1 aromatic rings. The molecule has 0 radical (unpaired) electrons. The van der Waals surface area contributed by atoms with E-state index in [0.29, 0.717) is 21.5 Å². The number of thioether (sulfide) groups is 1. The van der Waals surface area contributed by atoms with Crippen LogP contribution in [0.4, 0.5) is 0 Å². The van der Waals surface area contributed by atoms with Crippen LogP contribution in [0.3, 0.4) is 0 Å². The summed E-state index contributed by atoms with van der Waals surface area (Å²) in [6.07, 6.45) is 4.76. The number of amidine groups is 3. The first-order chi connectivity index (χ1) is 11.6. The highest BCUT2D eigenvalue weighted by molar-refractivity contribution is 8.18. The van der Waals surface area contributed by atoms with Crippen LogP contribution in [-0.4, -0.2) is 23.4 Å². The standard InChI is InChI=1S/C17H20ClN5S.ClH/c1-2-3-4-5-9-21-17-23-16(20)14(24-17)13-12-10(15(19)22-13)7-6-8-11(12)18;/h6-8H,2-5,9H2,1H3,(H2,19,22)(H2,20,21,23);1H/b14-13+;. The first kappa shape index (κ1) is 19.8. The molecule has 0 saturated heterocycles. The highest BCUT2D eigenvalue weighted by Crippen LogP contribution is 2.38. The summed E-state index contributed by atoms with van der Waals surface area (Å²) in [5, 5.41) is 23.9. The molecule has 3 rings (SSSR count). The highest BCUT2D eigenvalue weighted by Gasteiger charge is 2.31. The van der Waals surface area contributed by atoms with Crippen molar-refractivity contribution in [1.82, 2.24) is 10.6 Å². The van der Waals surface area contributed by atoms with Gasteiger partial charge in [-0.3, -0.25) is 10.8 Å². The third kappa shape index (κ3) is 4.19. The third-order valence-electron chi connectivity index (χ3n) is 3.94. The Bertz CT molecular complexity index is 757. The molecule has 0 spiro atoms. The molecule has 0 unspecified atom stereocenters. The Labute approximate surface area is 163 Å². The van der Waals surface area contributed by atoms with Gasteiger partial charge in [-0.1, -0.05) is 49.9 Å². The van der Waals surface area contributed by atoms with E-state index >= 15 is 0 Å². The van der Waals surface area contributed by atoms with E-state index in [1.54, 1.807) is 6.07 Å². The zero-order chi connectivity index (χ0) is 17.1. The Morgan fingerprint density at radius 1 is 1.24 bits per heavy atom. The summed E-state index contributed by atoms with van der Waals surface area (Å²) in [6, 6.07) is 5.50. The molecule has 1 aromatic carbocycles. The van der Waals surface area contributed by atoms with Crippen LogP contribution in [0.25, 0.3) is 5.70 Å². The van der Waals surface area contributed by atoms with Crippen LogP contribution < -0.4 is 10.6 Å². The van der Waals surface area contributed by atoms with Crippen LogP contribution in [0.2, 0.25) is 5.02 Å². The van der Waals surface area contributed by atoms with Gasteiger partial charge in [-0.15, -0.1) is 12.4 Å². The maximum Gasteiger partial charge on any atom is 0.168 e. The zero-order valence-corrected chi connectivity index (χ0v) is 16.3. The monoisotopic (exact) mass is 397 g/mol. The molecule has 0 aliphatic carbocycles. The maximum atomic E-state index is 8.17. The van der Waals surface area contributed by atoms with E-state index in [1.807, 2.05) is 12.1 Å². The van der Waals surface area contributed by atoms with Crippen molar-refractivity contribution in [2.75, 3.05) is 6.54 Å². The van der Waals surface area contributed by atoms with Crippen molar-refractivity contribution < 1.29 is 0 Å². The molecule has 2 heterocycles. The number of halogens is 2. The molecule has 0 fully saturated rings. The van der Waals surface area contributed by atoms with Gasteiger partial charge in [0.15, 0.2) is 11.0 Å². The molecule has 5 nitrogen and oxygen atoms in total. The Balaban J connectivity index is 0.00000225. The Hall–Kier alpha value is -1.50. The molecule has 0 saturated carbocycles. The van der Waals surface area contributed by atoms with Crippen LogP contribution in [0, 0.1) is 10.8 Å². The number of benzene rings is 1. The predicted molar refractivity (Wildman–Crippen MR) is 110 cm³/mol. The molecule has 0 aromatic heterocycles. The lowest BCUT2D eigenvalue weighted by Crippen LogP contribution is -2.20. The summed E-state index contributed by atoms with van der Waals surface area (Å²) in [6.45, 7) is 3.06. The van der Waals surface area contributed by atoms with Gasteiger partial charge in [-0.2, -0.15) is 0 Å². The van der Waals surface area contributed by atoms with Gasteiger partial charge in [0.1, 0.15) is 5.84 Å². The summed E-state index contributed by atoms with van der Waals surface area (Å²) in [7, 11) is 0. The minimum Gasteiger partial charge on any atom is -0.364 e. The lowest BCUT2D eigenvalue weighted by Gasteiger charge is -2.07. The van der Waals surface area contributed by atoms with Crippen LogP contribution >= 0.6 is 35.8 Å².